The van der Waals surface area contributed by atoms with Crippen LogP contribution in [-0.2, 0) is 6.61 Å². The van der Waals surface area contributed by atoms with E-state index in [1.807, 2.05) is 18.2 Å². The molecule has 0 aliphatic rings. The summed E-state index contributed by atoms with van der Waals surface area (Å²) in [6, 6.07) is 5.74. The summed E-state index contributed by atoms with van der Waals surface area (Å²) in [6.07, 6.45) is 0. The summed E-state index contributed by atoms with van der Waals surface area (Å²) in [5.41, 5.74) is 8.40. The van der Waals surface area contributed by atoms with Gasteiger partial charge in [0.05, 0.1) is 6.61 Å². The van der Waals surface area contributed by atoms with E-state index in [-0.39, 0.29) is 6.61 Å². The van der Waals surface area contributed by atoms with Gasteiger partial charge < -0.3 is 10.8 Å². The largest absolute Gasteiger partial charge is 0.398 e. The molecule has 0 aliphatic carbocycles. The van der Waals surface area contributed by atoms with E-state index in [0.717, 1.165) is 11.1 Å². The van der Waals surface area contributed by atoms with Crippen LogP contribution in [0.1, 0.15) is 30.9 Å². The number of aliphatic hydroxyl groups is 1. The van der Waals surface area contributed by atoms with Gasteiger partial charge in [-0.05, 0) is 17.5 Å². The van der Waals surface area contributed by atoms with Crippen molar-refractivity contribution in [1.82, 2.24) is 0 Å². The van der Waals surface area contributed by atoms with Gasteiger partial charge in [0.25, 0.3) is 0 Å². The topological polar surface area (TPSA) is 46.2 Å². The first kappa shape index (κ1) is 9.07. The van der Waals surface area contributed by atoms with Gasteiger partial charge in [0.1, 0.15) is 0 Å². The van der Waals surface area contributed by atoms with Gasteiger partial charge in [-0.3, -0.25) is 0 Å². The lowest BCUT2D eigenvalue weighted by atomic mass is 9.96. The molecule has 0 fully saturated rings. The Kier molecular flexibility index (Phi) is 2.71. The molecule has 0 atom stereocenters. The van der Waals surface area contributed by atoms with E-state index < -0.39 is 0 Å². The molecule has 0 spiro atoms. The molecule has 66 valence electrons. The van der Waals surface area contributed by atoms with Crippen LogP contribution < -0.4 is 5.73 Å². The number of nitrogens with two attached hydrogens (primary N) is 1. The van der Waals surface area contributed by atoms with Crippen LogP contribution >= 0.6 is 0 Å². The molecule has 0 amide bonds. The van der Waals surface area contributed by atoms with Gasteiger partial charge in [-0.25, -0.2) is 0 Å². The Morgan fingerprint density at radius 2 is 2.08 bits per heavy atom. The molecule has 0 aliphatic heterocycles. The molecule has 0 unspecified atom stereocenters. The summed E-state index contributed by atoms with van der Waals surface area (Å²) in [5, 5.41) is 9.07. The van der Waals surface area contributed by atoms with Crippen molar-refractivity contribution < 1.29 is 5.11 Å². The standard InChI is InChI=1S/C10H15NO/c1-7(2)8-4-3-5-10(11)9(8)6-12/h3-5,7,12H,6,11H2,1-2H3. The van der Waals surface area contributed by atoms with E-state index in [1.54, 1.807) is 0 Å². The quantitative estimate of drug-likeness (QED) is 0.657. The fourth-order valence-corrected chi connectivity index (χ4v) is 1.35. The first-order valence-electron chi connectivity index (χ1n) is 4.15. The molecule has 1 aromatic carbocycles. The van der Waals surface area contributed by atoms with E-state index in [2.05, 4.69) is 13.8 Å². The van der Waals surface area contributed by atoms with Crippen molar-refractivity contribution in [3.05, 3.63) is 29.3 Å². The molecule has 0 heterocycles. The lowest BCUT2D eigenvalue weighted by Crippen LogP contribution is -2.01. The highest BCUT2D eigenvalue weighted by Crippen LogP contribution is 2.23. The Balaban J connectivity index is 3.18. The second-order valence-electron chi connectivity index (χ2n) is 3.23. The molecule has 0 radical (unpaired) electrons. The van der Waals surface area contributed by atoms with Crippen LogP contribution in [0.4, 0.5) is 5.69 Å². The second-order valence-corrected chi connectivity index (χ2v) is 3.23. The van der Waals surface area contributed by atoms with Crippen molar-refractivity contribution in [3.8, 4) is 0 Å². The average molecular weight is 165 g/mol. The summed E-state index contributed by atoms with van der Waals surface area (Å²) >= 11 is 0. The number of nitrogen functional groups attached to an aromatic ring is 1. The molecular formula is C10H15NO. The minimum Gasteiger partial charge on any atom is -0.398 e. The van der Waals surface area contributed by atoms with Gasteiger partial charge >= 0.3 is 0 Å². The van der Waals surface area contributed by atoms with Crippen molar-refractivity contribution in [2.45, 2.75) is 26.4 Å². The van der Waals surface area contributed by atoms with E-state index >= 15 is 0 Å². The third kappa shape index (κ3) is 1.59. The third-order valence-electron chi connectivity index (χ3n) is 2.03. The third-order valence-corrected chi connectivity index (χ3v) is 2.03. The Morgan fingerprint density at radius 1 is 1.42 bits per heavy atom. The van der Waals surface area contributed by atoms with Gasteiger partial charge in [-0.2, -0.15) is 0 Å². The fourth-order valence-electron chi connectivity index (χ4n) is 1.35. The zero-order chi connectivity index (χ0) is 9.14. The Bertz CT molecular complexity index is 269. The van der Waals surface area contributed by atoms with Gasteiger partial charge in [0, 0.05) is 11.3 Å². The van der Waals surface area contributed by atoms with Gasteiger partial charge in [0.2, 0.25) is 0 Å². The SMILES string of the molecule is CC(C)c1cccc(N)c1CO. The maximum Gasteiger partial charge on any atom is 0.0704 e. The highest BCUT2D eigenvalue weighted by Gasteiger charge is 2.07. The maximum absolute atomic E-state index is 9.07. The fraction of sp³-hybridized carbons (Fsp3) is 0.400. The maximum atomic E-state index is 9.07. The van der Waals surface area contributed by atoms with Crippen LogP contribution in [0.25, 0.3) is 0 Å². The van der Waals surface area contributed by atoms with Crippen LogP contribution in [-0.4, -0.2) is 5.11 Å². The minimum absolute atomic E-state index is 0.0280. The molecule has 0 aromatic heterocycles. The summed E-state index contributed by atoms with van der Waals surface area (Å²) < 4.78 is 0. The first-order valence-corrected chi connectivity index (χ1v) is 4.15. The second kappa shape index (κ2) is 3.59. The van der Waals surface area contributed by atoms with E-state index in [0.29, 0.717) is 11.6 Å². The summed E-state index contributed by atoms with van der Waals surface area (Å²) in [6.45, 7) is 4.21. The zero-order valence-corrected chi connectivity index (χ0v) is 7.54. The first-order chi connectivity index (χ1) is 5.66. The predicted octanol–water partition coefficient (Wildman–Crippen LogP) is 1.88. The van der Waals surface area contributed by atoms with Crippen LogP contribution in [0, 0.1) is 0 Å². The van der Waals surface area contributed by atoms with Crippen molar-refractivity contribution in [2.24, 2.45) is 0 Å². The van der Waals surface area contributed by atoms with Crippen molar-refractivity contribution >= 4 is 5.69 Å². The molecular weight excluding hydrogens is 150 g/mol. The predicted molar refractivity (Wildman–Crippen MR) is 50.9 cm³/mol. The molecule has 2 nitrogen and oxygen atoms in total. The molecule has 1 aromatic rings. The Morgan fingerprint density at radius 3 is 2.50 bits per heavy atom. The highest BCUT2D eigenvalue weighted by molar-refractivity contribution is 5.51. The lowest BCUT2D eigenvalue weighted by molar-refractivity contribution is 0.281. The molecule has 0 saturated carbocycles. The van der Waals surface area contributed by atoms with E-state index in [9.17, 15) is 0 Å². The number of hydrogen-bond acceptors (Lipinski definition) is 2. The Hall–Kier alpha value is -1.02. The Labute approximate surface area is 73.0 Å². The van der Waals surface area contributed by atoms with Gasteiger partial charge in [-0.15, -0.1) is 0 Å². The molecule has 1 rings (SSSR count). The number of benzene rings is 1. The van der Waals surface area contributed by atoms with E-state index in [4.69, 9.17) is 10.8 Å². The van der Waals surface area contributed by atoms with Crippen molar-refractivity contribution in [2.75, 3.05) is 5.73 Å². The molecule has 0 bridgehead atoms. The van der Waals surface area contributed by atoms with Crippen LogP contribution in [0.2, 0.25) is 0 Å². The highest BCUT2D eigenvalue weighted by atomic mass is 16.3. The summed E-state index contributed by atoms with van der Waals surface area (Å²) in [7, 11) is 0. The molecule has 0 saturated heterocycles. The molecule has 2 heteroatoms. The molecule has 3 N–H and O–H groups in total. The minimum atomic E-state index is 0.0280. The van der Waals surface area contributed by atoms with Crippen LogP contribution in [0.15, 0.2) is 18.2 Å². The van der Waals surface area contributed by atoms with Gasteiger partial charge in [0.15, 0.2) is 0 Å². The summed E-state index contributed by atoms with van der Waals surface area (Å²) in [5.74, 6) is 0.413. The smallest absolute Gasteiger partial charge is 0.0704 e. The lowest BCUT2D eigenvalue weighted by Gasteiger charge is -2.12. The average Bonchev–Trinajstić information content (AvgIpc) is 2.03. The normalized spacial score (nSPS) is 10.7. The number of aliphatic hydroxyl groups excluding tert-OH is 1. The zero-order valence-electron chi connectivity index (χ0n) is 7.54. The number of rotatable bonds is 2. The molecule has 12 heavy (non-hydrogen) atoms. The van der Waals surface area contributed by atoms with E-state index in [1.165, 1.54) is 0 Å². The van der Waals surface area contributed by atoms with Crippen LogP contribution in [0.5, 0.6) is 0 Å². The number of anilines is 1. The monoisotopic (exact) mass is 165 g/mol. The van der Waals surface area contributed by atoms with Crippen LogP contribution in [0.3, 0.4) is 0 Å². The van der Waals surface area contributed by atoms with Gasteiger partial charge in [-0.1, -0.05) is 26.0 Å². The summed E-state index contributed by atoms with van der Waals surface area (Å²) in [4.78, 5) is 0. The van der Waals surface area contributed by atoms with Crippen molar-refractivity contribution in [3.63, 3.8) is 0 Å². The number of hydrogen-bond donors (Lipinski definition) is 2. The van der Waals surface area contributed by atoms with Crippen molar-refractivity contribution in [1.29, 1.82) is 0 Å².